The average Bonchev–Trinajstić information content (AvgIpc) is 2.24. The molecule has 16 heavy (non-hydrogen) atoms. The molecule has 0 atom stereocenters. The molecule has 84 valence electrons. The van der Waals surface area contributed by atoms with Crippen LogP contribution in [0.1, 0.15) is 13.8 Å². The first-order chi connectivity index (χ1) is 7.38. The lowest BCUT2D eigenvalue weighted by Gasteiger charge is -2.15. The highest BCUT2D eigenvalue weighted by atomic mass is 35.5. The van der Waals surface area contributed by atoms with Crippen molar-refractivity contribution in [3.63, 3.8) is 0 Å². The molecular formula is C11H10Cl2N2O. The molecule has 0 bridgehead atoms. The molecule has 0 heterocycles. The molecule has 0 fully saturated rings. The van der Waals surface area contributed by atoms with Crippen molar-refractivity contribution in [2.24, 2.45) is 5.41 Å². The molecule has 0 unspecified atom stereocenters. The van der Waals surface area contributed by atoms with Crippen molar-refractivity contribution >= 4 is 34.8 Å². The van der Waals surface area contributed by atoms with Crippen LogP contribution in [0.5, 0.6) is 0 Å². The van der Waals surface area contributed by atoms with E-state index < -0.39 is 11.3 Å². The number of nitrogens with one attached hydrogen (secondary N) is 1. The Balaban J connectivity index is 2.95. The smallest absolute Gasteiger partial charge is 0.244 e. The molecule has 0 saturated carbocycles. The fourth-order valence-corrected chi connectivity index (χ4v) is 1.28. The quantitative estimate of drug-likeness (QED) is 0.881. The van der Waals surface area contributed by atoms with Crippen LogP contribution >= 0.6 is 23.2 Å². The van der Waals surface area contributed by atoms with Crippen LogP contribution in [0.3, 0.4) is 0 Å². The number of carbonyl (C=O) groups excluding carboxylic acids is 1. The molecule has 1 aromatic carbocycles. The molecule has 3 nitrogen and oxygen atoms in total. The van der Waals surface area contributed by atoms with Crippen molar-refractivity contribution < 1.29 is 4.79 Å². The van der Waals surface area contributed by atoms with Gasteiger partial charge in [-0.3, -0.25) is 4.79 Å². The second-order valence-corrected chi connectivity index (χ2v) is 4.58. The summed E-state index contributed by atoms with van der Waals surface area (Å²) in [7, 11) is 0. The first-order valence-corrected chi connectivity index (χ1v) is 5.31. The minimum Gasteiger partial charge on any atom is -0.323 e. The van der Waals surface area contributed by atoms with Gasteiger partial charge in [-0.1, -0.05) is 29.3 Å². The molecule has 1 amide bonds. The second kappa shape index (κ2) is 4.73. The molecule has 0 aliphatic carbocycles. The Bertz CT molecular complexity index is 464. The van der Waals surface area contributed by atoms with Crippen LogP contribution < -0.4 is 5.32 Å². The van der Waals surface area contributed by atoms with Gasteiger partial charge >= 0.3 is 0 Å². The first-order valence-electron chi connectivity index (χ1n) is 4.55. The van der Waals surface area contributed by atoms with E-state index in [2.05, 4.69) is 5.32 Å². The highest BCUT2D eigenvalue weighted by Crippen LogP contribution is 2.30. The average molecular weight is 257 g/mol. The molecule has 0 aliphatic rings. The van der Waals surface area contributed by atoms with E-state index in [4.69, 9.17) is 28.5 Å². The summed E-state index contributed by atoms with van der Waals surface area (Å²) in [6.45, 7) is 3.06. The van der Waals surface area contributed by atoms with E-state index in [1.54, 1.807) is 18.2 Å². The summed E-state index contributed by atoms with van der Waals surface area (Å²) in [5.41, 5.74) is -0.700. The van der Waals surface area contributed by atoms with Crippen LogP contribution in [0.25, 0.3) is 0 Å². The zero-order valence-corrected chi connectivity index (χ0v) is 10.4. The van der Waals surface area contributed by atoms with Crippen LogP contribution in [0.4, 0.5) is 5.69 Å². The van der Waals surface area contributed by atoms with Gasteiger partial charge in [0, 0.05) is 0 Å². The van der Waals surface area contributed by atoms with Gasteiger partial charge in [0.25, 0.3) is 0 Å². The summed E-state index contributed by atoms with van der Waals surface area (Å²) in [6.07, 6.45) is 0. The molecule has 1 aromatic rings. The largest absolute Gasteiger partial charge is 0.323 e. The predicted molar refractivity (Wildman–Crippen MR) is 64.5 cm³/mol. The number of rotatable bonds is 2. The third kappa shape index (κ3) is 2.66. The number of nitriles is 1. The lowest BCUT2D eigenvalue weighted by atomic mass is 9.94. The van der Waals surface area contributed by atoms with Crippen molar-refractivity contribution in [1.29, 1.82) is 5.26 Å². The van der Waals surface area contributed by atoms with Crippen LogP contribution in [-0.4, -0.2) is 5.91 Å². The molecule has 1 N–H and O–H groups in total. The Morgan fingerprint density at radius 2 is 2.06 bits per heavy atom. The van der Waals surface area contributed by atoms with E-state index in [1.165, 1.54) is 13.8 Å². The lowest BCUT2D eigenvalue weighted by molar-refractivity contribution is -0.121. The van der Waals surface area contributed by atoms with E-state index in [0.29, 0.717) is 10.7 Å². The minimum atomic E-state index is -1.11. The Hall–Kier alpha value is -1.24. The molecule has 5 heteroatoms. The molecule has 0 spiro atoms. The van der Waals surface area contributed by atoms with Crippen molar-refractivity contribution in [2.45, 2.75) is 13.8 Å². The van der Waals surface area contributed by atoms with Gasteiger partial charge in [-0.05, 0) is 26.0 Å². The number of anilines is 1. The van der Waals surface area contributed by atoms with E-state index in [-0.39, 0.29) is 5.02 Å². The van der Waals surface area contributed by atoms with Gasteiger partial charge in [-0.2, -0.15) is 5.26 Å². The van der Waals surface area contributed by atoms with Gasteiger partial charge in [0.1, 0.15) is 5.41 Å². The number of nitrogens with zero attached hydrogens (tertiary/aromatic N) is 1. The Labute approximate surface area is 104 Å². The SMILES string of the molecule is CC(C)(C#N)C(=O)Nc1cccc(Cl)c1Cl. The van der Waals surface area contributed by atoms with Gasteiger partial charge in [0.05, 0.1) is 21.8 Å². The van der Waals surface area contributed by atoms with E-state index in [1.807, 2.05) is 6.07 Å². The Morgan fingerprint density at radius 3 is 2.62 bits per heavy atom. The van der Waals surface area contributed by atoms with Crippen LogP contribution in [0.2, 0.25) is 10.0 Å². The fourth-order valence-electron chi connectivity index (χ4n) is 0.930. The van der Waals surface area contributed by atoms with Gasteiger partial charge in [0.2, 0.25) is 5.91 Å². The summed E-state index contributed by atoms with van der Waals surface area (Å²) in [5, 5.41) is 12.0. The van der Waals surface area contributed by atoms with E-state index in [0.717, 1.165) is 0 Å². The topological polar surface area (TPSA) is 52.9 Å². The summed E-state index contributed by atoms with van der Waals surface area (Å²) >= 11 is 11.7. The maximum atomic E-state index is 11.7. The molecular weight excluding hydrogens is 247 g/mol. The zero-order chi connectivity index (χ0) is 12.3. The van der Waals surface area contributed by atoms with E-state index >= 15 is 0 Å². The van der Waals surface area contributed by atoms with Gasteiger partial charge in [0.15, 0.2) is 0 Å². The normalized spacial score (nSPS) is 10.7. The van der Waals surface area contributed by atoms with Crippen molar-refractivity contribution in [3.05, 3.63) is 28.2 Å². The Morgan fingerprint density at radius 1 is 1.44 bits per heavy atom. The standard InChI is InChI=1S/C11H10Cl2N2O/c1-11(2,6-14)10(16)15-8-5-3-4-7(12)9(8)13/h3-5H,1-2H3,(H,15,16). The fraction of sp³-hybridized carbons (Fsp3) is 0.273. The van der Waals surface area contributed by atoms with Crippen molar-refractivity contribution in [3.8, 4) is 6.07 Å². The van der Waals surface area contributed by atoms with Crippen LogP contribution in [0.15, 0.2) is 18.2 Å². The number of benzene rings is 1. The highest BCUT2D eigenvalue weighted by molar-refractivity contribution is 6.44. The monoisotopic (exact) mass is 256 g/mol. The maximum Gasteiger partial charge on any atom is 0.244 e. The second-order valence-electron chi connectivity index (χ2n) is 3.79. The molecule has 0 saturated heterocycles. The molecule has 0 radical (unpaired) electrons. The summed E-state index contributed by atoms with van der Waals surface area (Å²) < 4.78 is 0. The molecule has 0 aliphatic heterocycles. The number of carbonyl (C=O) groups is 1. The van der Waals surface area contributed by atoms with Crippen molar-refractivity contribution in [2.75, 3.05) is 5.32 Å². The highest BCUT2D eigenvalue weighted by Gasteiger charge is 2.27. The summed E-state index contributed by atoms with van der Waals surface area (Å²) in [4.78, 5) is 11.7. The number of amides is 1. The lowest BCUT2D eigenvalue weighted by Crippen LogP contribution is -2.29. The van der Waals surface area contributed by atoms with Gasteiger partial charge in [-0.25, -0.2) is 0 Å². The number of halogens is 2. The summed E-state index contributed by atoms with van der Waals surface area (Å²) in [6, 6.07) is 6.82. The third-order valence-corrected chi connectivity index (χ3v) is 2.87. The maximum absolute atomic E-state index is 11.7. The first kappa shape index (κ1) is 12.8. The predicted octanol–water partition coefficient (Wildman–Crippen LogP) is 3.48. The third-order valence-electron chi connectivity index (χ3n) is 2.05. The summed E-state index contributed by atoms with van der Waals surface area (Å²) in [5.74, 6) is -0.417. The number of hydrogen-bond acceptors (Lipinski definition) is 2. The van der Waals surface area contributed by atoms with Gasteiger partial charge in [-0.15, -0.1) is 0 Å². The minimum absolute atomic E-state index is 0.270. The van der Waals surface area contributed by atoms with Crippen molar-refractivity contribution in [1.82, 2.24) is 0 Å². The Kier molecular flexibility index (Phi) is 3.79. The van der Waals surface area contributed by atoms with Crippen LogP contribution in [-0.2, 0) is 4.79 Å². The number of hydrogen-bond donors (Lipinski definition) is 1. The molecule has 1 rings (SSSR count). The van der Waals surface area contributed by atoms with Crippen LogP contribution in [0, 0.1) is 16.7 Å². The van der Waals surface area contributed by atoms with E-state index in [9.17, 15) is 4.79 Å². The molecule has 0 aromatic heterocycles. The zero-order valence-electron chi connectivity index (χ0n) is 8.84. The van der Waals surface area contributed by atoms with Gasteiger partial charge < -0.3 is 5.32 Å².